The van der Waals surface area contributed by atoms with Gasteiger partial charge in [0.05, 0.1) is 0 Å². The molecule has 0 bridgehead atoms. The van der Waals surface area contributed by atoms with E-state index in [2.05, 4.69) is 41.0 Å². The molecule has 0 atom stereocenters. The largest absolute Gasteiger partial charge is 0.486 e. The summed E-state index contributed by atoms with van der Waals surface area (Å²) in [6.45, 7) is 2.86. The van der Waals surface area contributed by atoms with Crippen LogP contribution in [0.3, 0.4) is 0 Å². The van der Waals surface area contributed by atoms with Crippen LogP contribution in [0.4, 0.5) is 0 Å². The van der Waals surface area contributed by atoms with Crippen LogP contribution in [0, 0.1) is 0 Å². The zero-order valence-electron chi connectivity index (χ0n) is 13.6. The summed E-state index contributed by atoms with van der Waals surface area (Å²) in [6, 6.07) is 16.5. The number of hydrogen-bond donors (Lipinski definition) is 2. The van der Waals surface area contributed by atoms with Crippen LogP contribution in [0.25, 0.3) is 0 Å². The van der Waals surface area contributed by atoms with Crippen molar-refractivity contribution in [2.45, 2.75) is 12.8 Å². The number of nitrogens with one attached hydrogen (secondary N) is 2. The van der Waals surface area contributed by atoms with Gasteiger partial charge in [0.25, 0.3) is 0 Å². The van der Waals surface area contributed by atoms with Crippen molar-refractivity contribution in [1.29, 1.82) is 0 Å². The average Bonchev–Trinajstić information content (AvgIpc) is 2.62. The van der Waals surface area contributed by atoms with E-state index in [1.165, 1.54) is 11.1 Å². The topological polar surface area (TPSA) is 42.5 Å². The number of fused-ring (bicyclic) bond motifs is 1. The summed E-state index contributed by atoms with van der Waals surface area (Å²) >= 11 is 5.32. The molecular formula is C19H22N2O2S. The SMILES string of the molecule is S=C(NCCc1ccccc1)NCCc1ccc2c(c1)OCCO2. The summed E-state index contributed by atoms with van der Waals surface area (Å²) in [5, 5.41) is 7.19. The Morgan fingerprint density at radius 1 is 0.833 bits per heavy atom. The fourth-order valence-electron chi connectivity index (χ4n) is 2.59. The summed E-state index contributed by atoms with van der Waals surface area (Å²) in [5.41, 5.74) is 2.52. The summed E-state index contributed by atoms with van der Waals surface area (Å²) in [7, 11) is 0. The Balaban J connectivity index is 1.36. The lowest BCUT2D eigenvalue weighted by molar-refractivity contribution is 0.171. The standard InChI is InChI=1S/C19H22N2O2S/c24-19(20-10-8-15-4-2-1-3-5-15)21-11-9-16-6-7-17-18(14-16)23-13-12-22-17/h1-7,14H,8-13H2,(H2,20,21,24). The molecule has 0 saturated carbocycles. The third kappa shape index (κ3) is 4.86. The average molecular weight is 342 g/mol. The van der Waals surface area contributed by atoms with Gasteiger partial charge in [0.2, 0.25) is 0 Å². The van der Waals surface area contributed by atoms with Crippen molar-refractivity contribution in [3.05, 3.63) is 59.7 Å². The highest BCUT2D eigenvalue weighted by atomic mass is 32.1. The molecule has 5 heteroatoms. The Bertz CT molecular complexity index is 676. The van der Waals surface area contributed by atoms with Crippen molar-refractivity contribution in [2.75, 3.05) is 26.3 Å². The predicted molar refractivity (Wildman–Crippen MR) is 99.9 cm³/mol. The summed E-state index contributed by atoms with van der Waals surface area (Å²) in [4.78, 5) is 0. The minimum atomic E-state index is 0.615. The van der Waals surface area contributed by atoms with Gasteiger partial charge in [-0.1, -0.05) is 36.4 Å². The van der Waals surface area contributed by atoms with Gasteiger partial charge in [0, 0.05) is 13.1 Å². The Kier molecular flexibility index (Phi) is 5.90. The molecule has 2 aromatic carbocycles. The van der Waals surface area contributed by atoms with E-state index in [1.54, 1.807) is 0 Å². The van der Waals surface area contributed by atoms with Crippen LogP contribution in [0.5, 0.6) is 11.5 Å². The van der Waals surface area contributed by atoms with Gasteiger partial charge in [-0.05, 0) is 48.3 Å². The first-order valence-electron chi connectivity index (χ1n) is 8.25. The van der Waals surface area contributed by atoms with E-state index >= 15 is 0 Å². The van der Waals surface area contributed by atoms with E-state index in [0.717, 1.165) is 37.4 Å². The lowest BCUT2D eigenvalue weighted by Gasteiger charge is -2.19. The third-order valence-electron chi connectivity index (χ3n) is 3.85. The van der Waals surface area contributed by atoms with Crippen LogP contribution in [0.15, 0.2) is 48.5 Å². The van der Waals surface area contributed by atoms with Crippen molar-refractivity contribution in [3.8, 4) is 11.5 Å². The molecule has 0 fully saturated rings. The summed E-state index contributed by atoms with van der Waals surface area (Å²) in [5.74, 6) is 1.67. The van der Waals surface area contributed by atoms with E-state index in [1.807, 2.05) is 18.2 Å². The highest BCUT2D eigenvalue weighted by Gasteiger charge is 2.11. The van der Waals surface area contributed by atoms with Crippen LogP contribution in [0.2, 0.25) is 0 Å². The molecule has 0 unspecified atom stereocenters. The normalized spacial score (nSPS) is 12.5. The Morgan fingerprint density at radius 3 is 2.25 bits per heavy atom. The second kappa shape index (κ2) is 8.55. The van der Waals surface area contributed by atoms with Crippen LogP contribution in [-0.4, -0.2) is 31.4 Å². The summed E-state index contributed by atoms with van der Waals surface area (Å²) < 4.78 is 11.1. The van der Waals surface area contributed by atoms with Crippen LogP contribution in [-0.2, 0) is 12.8 Å². The van der Waals surface area contributed by atoms with E-state index < -0.39 is 0 Å². The van der Waals surface area contributed by atoms with Crippen molar-refractivity contribution in [1.82, 2.24) is 10.6 Å². The fraction of sp³-hybridized carbons (Fsp3) is 0.316. The minimum Gasteiger partial charge on any atom is -0.486 e. The highest BCUT2D eigenvalue weighted by molar-refractivity contribution is 7.80. The monoisotopic (exact) mass is 342 g/mol. The van der Waals surface area contributed by atoms with Gasteiger partial charge < -0.3 is 20.1 Å². The van der Waals surface area contributed by atoms with Gasteiger partial charge in [-0.25, -0.2) is 0 Å². The van der Waals surface area contributed by atoms with Gasteiger partial charge in [-0.15, -0.1) is 0 Å². The molecule has 2 N–H and O–H groups in total. The van der Waals surface area contributed by atoms with Gasteiger partial charge in [-0.3, -0.25) is 0 Å². The Hall–Kier alpha value is -2.27. The molecule has 126 valence electrons. The van der Waals surface area contributed by atoms with Gasteiger partial charge in [0.1, 0.15) is 13.2 Å². The molecule has 1 aliphatic rings. The second-order valence-electron chi connectivity index (χ2n) is 5.65. The molecule has 1 heterocycles. The number of hydrogen-bond acceptors (Lipinski definition) is 3. The Labute approximate surface area is 148 Å². The van der Waals surface area contributed by atoms with Crippen molar-refractivity contribution in [3.63, 3.8) is 0 Å². The van der Waals surface area contributed by atoms with E-state index in [0.29, 0.717) is 18.3 Å². The zero-order chi connectivity index (χ0) is 16.6. The maximum Gasteiger partial charge on any atom is 0.166 e. The van der Waals surface area contributed by atoms with Crippen molar-refractivity contribution < 1.29 is 9.47 Å². The van der Waals surface area contributed by atoms with E-state index in [-0.39, 0.29) is 0 Å². The molecule has 4 nitrogen and oxygen atoms in total. The molecule has 2 aromatic rings. The maximum absolute atomic E-state index is 5.60. The number of benzene rings is 2. The number of thiocarbonyl (C=S) groups is 1. The quantitative estimate of drug-likeness (QED) is 0.790. The van der Waals surface area contributed by atoms with Gasteiger partial charge in [-0.2, -0.15) is 0 Å². The molecule has 3 rings (SSSR count). The predicted octanol–water partition coefficient (Wildman–Crippen LogP) is 2.71. The molecule has 0 aliphatic carbocycles. The van der Waals surface area contributed by atoms with Gasteiger partial charge in [0.15, 0.2) is 16.6 Å². The summed E-state index contributed by atoms with van der Waals surface area (Å²) in [6.07, 6.45) is 1.85. The number of rotatable bonds is 6. The first-order chi connectivity index (χ1) is 11.8. The van der Waals surface area contributed by atoms with E-state index in [4.69, 9.17) is 21.7 Å². The molecule has 24 heavy (non-hydrogen) atoms. The molecule has 0 amide bonds. The first-order valence-corrected chi connectivity index (χ1v) is 8.66. The number of ether oxygens (including phenoxy) is 2. The molecule has 0 aromatic heterocycles. The van der Waals surface area contributed by atoms with Crippen LogP contribution >= 0.6 is 12.2 Å². The third-order valence-corrected chi connectivity index (χ3v) is 4.14. The zero-order valence-corrected chi connectivity index (χ0v) is 14.4. The maximum atomic E-state index is 5.60. The minimum absolute atomic E-state index is 0.615. The van der Waals surface area contributed by atoms with Crippen molar-refractivity contribution >= 4 is 17.3 Å². The molecule has 0 radical (unpaired) electrons. The fourth-order valence-corrected chi connectivity index (χ4v) is 2.80. The lowest BCUT2D eigenvalue weighted by atomic mass is 10.1. The van der Waals surface area contributed by atoms with Crippen molar-refractivity contribution in [2.24, 2.45) is 0 Å². The van der Waals surface area contributed by atoms with E-state index in [9.17, 15) is 0 Å². The Morgan fingerprint density at radius 2 is 1.50 bits per heavy atom. The van der Waals surface area contributed by atoms with Crippen LogP contribution in [0.1, 0.15) is 11.1 Å². The van der Waals surface area contributed by atoms with Crippen LogP contribution < -0.4 is 20.1 Å². The van der Waals surface area contributed by atoms with Gasteiger partial charge >= 0.3 is 0 Å². The smallest absolute Gasteiger partial charge is 0.166 e. The molecular weight excluding hydrogens is 320 g/mol. The molecule has 0 spiro atoms. The molecule has 0 saturated heterocycles. The lowest BCUT2D eigenvalue weighted by Crippen LogP contribution is -2.37. The first kappa shape index (κ1) is 16.6. The second-order valence-corrected chi connectivity index (χ2v) is 6.05. The highest BCUT2D eigenvalue weighted by Crippen LogP contribution is 2.30. The molecule has 1 aliphatic heterocycles.